The number of nitrogens with one attached hydrogen (secondary N) is 1. The molecule has 4 rings (SSSR count). The van der Waals surface area contributed by atoms with Crippen molar-refractivity contribution in [3.05, 3.63) is 113 Å². The van der Waals surface area contributed by atoms with Gasteiger partial charge in [0.15, 0.2) is 0 Å². The van der Waals surface area contributed by atoms with Crippen LogP contribution in [0, 0.1) is 6.92 Å². The molecule has 0 unspecified atom stereocenters. The zero-order valence-electron chi connectivity index (χ0n) is 15.9. The average molecular weight is 381 g/mol. The predicted octanol–water partition coefficient (Wildman–Crippen LogP) is 5.53. The topological polar surface area (TPSA) is 59.3 Å². The van der Waals surface area contributed by atoms with E-state index in [1.807, 2.05) is 78.9 Å². The minimum absolute atomic E-state index is 0.00684. The van der Waals surface area contributed by atoms with Crippen LogP contribution in [0.25, 0.3) is 22.5 Å². The number of anilines is 1. The maximum Gasteiger partial charge on any atom is 0.263 e. The standard InChI is InChI=1S/C25H19NO3/c1-17-21(25(28)26-20-15-9-4-10-16-20)23(27)22(18-11-5-2-6-12-18)24(29-17)19-13-7-3-8-14-19/h2-16H,1H3,(H,26,28). The molecule has 142 valence electrons. The molecule has 29 heavy (non-hydrogen) atoms. The molecule has 0 fully saturated rings. The molecule has 1 aromatic heterocycles. The van der Waals surface area contributed by atoms with Gasteiger partial charge in [0, 0.05) is 11.3 Å². The van der Waals surface area contributed by atoms with Crippen LogP contribution in [-0.2, 0) is 0 Å². The van der Waals surface area contributed by atoms with Crippen molar-refractivity contribution >= 4 is 11.6 Å². The molecule has 0 aliphatic rings. The monoisotopic (exact) mass is 381 g/mol. The van der Waals surface area contributed by atoms with Crippen molar-refractivity contribution in [2.75, 3.05) is 5.32 Å². The summed E-state index contributed by atoms with van der Waals surface area (Å²) in [6.45, 7) is 1.64. The van der Waals surface area contributed by atoms with E-state index < -0.39 is 5.91 Å². The van der Waals surface area contributed by atoms with Gasteiger partial charge in [0.2, 0.25) is 5.43 Å². The zero-order valence-corrected chi connectivity index (χ0v) is 15.9. The zero-order chi connectivity index (χ0) is 20.2. The van der Waals surface area contributed by atoms with Crippen LogP contribution in [0.15, 0.2) is 100 Å². The Morgan fingerprint density at radius 2 is 1.28 bits per heavy atom. The minimum Gasteiger partial charge on any atom is -0.460 e. The molecule has 1 amide bonds. The van der Waals surface area contributed by atoms with Crippen LogP contribution in [0.2, 0.25) is 0 Å². The van der Waals surface area contributed by atoms with Crippen LogP contribution >= 0.6 is 0 Å². The molecule has 3 aromatic carbocycles. The smallest absolute Gasteiger partial charge is 0.263 e. The van der Waals surface area contributed by atoms with Crippen LogP contribution in [0.3, 0.4) is 0 Å². The molecule has 4 aromatic rings. The van der Waals surface area contributed by atoms with E-state index in [9.17, 15) is 9.59 Å². The lowest BCUT2D eigenvalue weighted by atomic mass is 9.97. The van der Waals surface area contributed by atoms with E-state index in [0.29, 0.717) is 22.6 Å². The molecule has 0 radical (unpaired) electrons. The molecule has 0 saturated heterocycles. The molecule has 4 heteroatoms. The quantitative estimate of drug-likeness (QED) is 0.505. The number of hydrogen-bond donors (Lipinski definition) is 1. The minimum atomic E-state index is -0.487. The Labute approximate surface area is 168 Å². The van der Waals surface area contributed by atoms with Crippen molar-refractivity contribution in [3.63, 3.8) is 0 Å². The highest BCUT2D eigenvalue weighted by Gasteiger charge is 2.24. The van der Waals surface area contributed by atoms with E-state index in [-0.39, 0.29) is 16.8 Å². The van der Waals surface area contributed by atoms with Gasteiger partial charge in [0.05, 0.1) is 5.56 Å². The highest BCUT2D eigenvalue weighted by atomic mass is 16.3. The number of rotatable bonds is 4. The Morgan fingerprint density at radius 1 is 0.759 bits per heavy atom. The van der Waals surface area contributed by atoms with E-state index in [4.69, 9.17) is 4.42 Å². The highest BCUT2D eigenvalue weighted by Crippen LogP contribution is 2.31. The lowest BCUT2D eigenvalue weighted by Crippen LogP contribution is -2.24. The van der Waals surface area contributed by atoms with E-state index in [0.717, 1.165) is 5.56 Å². The summed E-state index contributed by atoms with van der Waals surface area (Å²) in [5.74, 6) is 0.247. The Balaban J connectivity index is 1.91. The molecule has 0 aliphatic heterocycles. The first-order chi connectivity index (χ1) is 14.1. The number of aryl methyl sites for hydroxylation is 1. The molecule has 1 N–H and O–H groups in total. The highest BCUT2D eigenvalue weighted by molar-refractivity contribution is 6.06. The number of carbonyl (C=O) groups excluding carboxylic acids is 1. The third-order valence-electron chi connectivity index (χ3n) is 4.65. The van der Waals surface area contributed by atoms with Gasteiger partial charge in [0.1, 0.15) is 17.1 Å². The largest absolute Gasteiger partial charge is 0.460 e. The van der Waals surface area contributed by atoms with Gasteiger partial charge in [-0.25, -0.2) is 0 Å². The number of carbonyl (C=O) groups is 1. The van der Waals surface area contributed by atoms with Crippen molar-refractivity contribution in [3.8, 4) is 22.5 Å². The van der Waals surface area contributed by atoms with Gasteiger partial charge in [-0.3, -0.25) is 9.59 Å². The normalized spacial score (nSPS) is 10.5. The molecule has 4 nitrogen and oxygen atoms in total. The maximum atomic E-state index is 13.5. The van der Waals surface area contributed by atoms with E-state index in [2.05, 4.69) is 5.32 Å². The first-order valence-electron chi connectivity index (χ1n) is 9.30. The average Bonchev–Trinajstić information content (AvgIpc) is 2.75. The van der Waals surface area contributed by atoms with Crippen molar-refractivity contribution < 1.29 is 9.21 Å². The SMILES string of the molecule is Cc1oc(-c2ccccc2)c(-c2ccccc2)c(=O)c1C(=O)Nc1ccccc1. The Morgan fingerprint density at radius 3 is 1.86 bits per heavy atom. The molecule has 0 bridgehead atoms. The summed E-state index contributed by atoms with van der Waals surface area (Å²) in [4.78, 5) is 26.4. The Hall–Kier alpha value is -3.92. The van der Waals surface area contributed by atoms with Gasteiger partial charge in [-0.05, 0) is 24.6 Å². The van der Waals surface area contributed by atoms with Crippen molar-refractivity contribution in [2.24, 2.45) is 0 Å². The lowest BCUT2D eigenvalue weighted by molar-refractivity contribution is 0.102. The summed E-state index contributed by atoms with van der Waals surface area (Å²) in [5, 5.41) is 2.78. The summed E-state index contributed by atoms with van der Waals surface area (Å²) >= 11 is 0. The Kier molecular flexibility index (Phi) is 5.08. The van der Waals surface area contributed by atoms with Crippen LogP contribution < -0.4 is 10.7 Å². The maximum absolute atomic E-state index is 13.5. The second-order valence-corrected chi connectivity index (χ2v) is 6.62. The Bertz CT molecular complexity index is 1200. The number of amides is 1. The molecule has 0 spiro atoms. The van der Waals surface area contributed by atoms with Gasteiger partial charge >= 0.3 is 0 Å². The van der Waals surface area contributed by atoms with Crippen LogP contribution in [0.5, 0.6) is 0 Å². The van der Waals surface area contributed by atoms with Crippen LogP contribution in [-0.4, -0.2) is 5.91 Å². The van der Waals surface area contributed by atoms with Gasteiger partial charge in [0.25, 0.3) is 5.91 Å². The summed E-state index contributed by atoms with van der Waals surface area (Å²) in [5.41, 5.74) is 2.13. The third kappa shape index (κ3) is 3.73. The second-order valence-electron chi connectivity index (χ2n) is 6.62. The third-order valence-corrected chi connectivity index (χ3v) is 4.65. The van der Waals surface area contributed by atoms with Crippen molar-refractivity contribution in [1.82, 2.24) is 0 Å². The number of hydrogen-bond acceptors (Lipinski definition) is 3. The molecule has 0 saturated carbocycles. The lowest BCUT2D eigenvalue weighted by Gasteiger charge is -2.13. The van der Waals surface area contributed by atoms with E-state index in [1.54, 1.807) is 19.1 Å². The van der Waals surface area contributed by atoms with Gasteiger partial charge in [-0.15, -0.1) is 0 Å². The van der Waals surface area contributed by atoms with Crippen LogP contribution in [0.4, 0.5) is 5.69 Å². The van der Waals surface area contributed by atoms with Crippen LogP contribution in [0.1, 0.15) is 16.1 Å². The summed E-state index contributed by atoms with van der Waals surface area (Å²) in [7, 11) is 0. The molecular formula is C25H19NO3. The summed E-state index contributed by atoms with van der Waals surface area (Å²) in [6, 6.07) is 27.7. The molecule has 0 atom stereocenters. The first kappa shape index (κ1) is 18.4. The first-order valence-corrected chi connectivity index (χ1v) is 9.30. The van der Waals surface area contributed by atoms with E-state index in [1.165, 1.54) is 0 Å². The second kappa shape index (κ2) is 7.98. The fraction of sp³-hybridized carbons (Fsp3) is 0.0400. The van der Waals surface area contributed by atoms with Gasteiger partial charge < -0.3 is 9.73 Å². The van der Waals surface area contributed by atoms with Gasteiger partial charge in [-0.2, -0.15) is 0 Å². The predicted molar refractivity (Wildman–Crippen MR) is 115 cm³/mol. The fourth-order valence-electron chi connectivity index (χ4n) is 3.28. The summed E-state index contributed by atoms with van der Waals surface area (Å²) in [6.07, 6.45) is 0. The van der Waals surface area contributed by atoms with Gasteiger partial charge in [-0.1, -0.05) is 78.9 Å². The summed E-state index contributed by atoms with van der Waals surface area (Å²) < 4.78 is 6.06. The molecule has 1 heterocycles. The fourth-order valence-corrected chi connectivity index (χ4v) is 3.28. The molecule has 0 aliphatic carbocycles. The van der Waals surface area contributed by atoms with Crippen molar-refractivity contribution in [1.29, 1.82) is 0 Å². The molecular weight excluding hydrogens is 362 g/mol. The number of para-hydroxylation sites is 1. The van der Waals surface area contributed by atoms with E-state index >= 15 is 0 Å². The van der Waals surface area contributed by atoms with Crippen molar-refractivity contribution in [2.45, 2.75) is 6.92 Å². The number of benzene rings is 3.